The summed E-state index contributed by atoms with van der Waals surface area (Å²) in [7, 11) is 0. The molecule has 1 aromatic heterocycles. The summed E-state index contributed by atoms with van der Waals surface area (Å²) in [4.78, 5) is 7.02. The van der Waals surface area contributed by atoms with E-state index in [1.54, 1.807) is 0 Å². The number of piperidine rings is 1. The lowest BCUT2D eigenvalue weighted by Crippen LogP contribution is -2.35. The zero-order chi connectivity index (χ0) is 12.3. The third-order valence-electron chi connectivity index (χ3n) is 2.65. The Kier molecular flexibility index (Phi) is 7.39. The van der Waals surface area contributed by atoms with Gasteiger partial charge in [-0.05, 0) is 25.9 Å². The van der Waals surface area contributed by atoms with Crippen molar-refractivity contribution in [2.75, 3.05) is 18.4 Å². The minimum atomic E-state index is -4.42. The van der Waals surface area contributed by atoms with Gasteiger partial charge < -0.3 is 10.6 Å². The molecule has 0 atom stereocenters. The van der Waals surface area contributed by atoms with Crippen molar-refractivity contribution in [3.8, 4) is 0 Å². The van der Waals surface area contributed by atoms with Crippen LogP contribution in [0.15, 0.2) is 12.4 Å². The average molecular weight is 319 g/mol. The normalized spacial score (nSPS) is 16.2. The van der Waals surface area contributed by atoms with Gasteiger partial charge in [-0.25, -0.2) is 9.97 Å². The van der Waals surface area contributed by atoms with Crippen LogP contribution in [0, 0.1) is 0 Å². The number of nitrogens with one attached hydrogen (secondary N) is 2. The van der Waals surface area contributed by atoms with Gasteiger partial charge in [-0.2, -0.15) is 13.2 Å². The van der Waals surface area contributed by atoms with Crippen LogP contribution in [0.3, 0.4) is 0 Å². The highest BCUT2D eigenvalue weighted by Crippen LogP contribution is 2.28. The number of hydrogen-bond acceptors (Lipinski definition) is 4. The first-order chi connectivity index (χ1) is 8.05. The summed E-state index contributed by atoms with van der Waals surface area (Å²) in [6, 6.07) is 1.12. The number of halogens is 5. The third kappa shape index (κ3) is 5.38. The summed E-state index contributed by atoms with van der Waals surface area (Å²) in [6.45, 7) is 1.74. The second-order valence-electron chi connectivity index (χ2n) is 3.95. The standard InChI is InChI=1S/C10H13F3N4.2ClH/c11-10(12,13)8-5-9(16-6-15-8)17-7-1-3-14-4-2-7;;/h5-7,14H,1-4H2,(H,15,16,17);2*1H. The molecule has 9 heteroatoms. The van der Waals surface area contributed by atoms with E-state index in [4.69, 9.17) is 0 Å². The van der Waals surface area contributed by atoms with Gasteiger partial charge >= 0.3 is 6.18 Å². The predicted molar refractivity (Wildman–Crippen MR) is 71.0 cm³/mol. The van der Waals surface area contributed by atoms with Gasteiger partial charge in [0.15, 0.2) is 0 Å². The molecule has 1 fully saturated rings. The summed E-state index contributed by atoms with van der Waals surface area (Å²) in [5, 5.41) is 6.19. The fraction of sp³-hybridized carbons (Fsp3) is 0.600. The molecule has 2 heterocycles. The van der Waals surface area contributed by atoms with Crippen LogP contribution in [0.4, 0.5) is 19.0 Å². The molecule has 1 aromatic rings. The van der Waals surface area contributed by atoms with Gasteiger partial charge in [0.05, 0.1) is 0 Å². The molecule has 19 heavy (non-hydrogen) atoms. The molecule has 2 rings (SSSR count). The summed E-state index contributed by atoms with van der Waals surface area (Å²) in [6.07, 6.45) is -1.73. The summed E-state index contributed by atoms with van der Waals surface area (Å²) in [5.41, 5.74) is -0.913. The highest BCUT2D eigenvalue weighted by Gasteiger charge is 2.32. The van der Waals surface area contributed by atoms with Gasteiger partial charge in [-0.1, -0.05) is 0 Å². The first kappa shape index (κ1) is 18.2. The fourth-order valence-corrected chi connectivity index (χ4v) is 1.77. The minimum Gasteiger partial charge on any atom is -0.367 e. The zero-order valence-corrected chi connectivity index (χ0v) is 11.5. The van der Waals surface area contributed by atoms with Crippen molar-refractivity contribution in [2.24, 2.45) is 0 Å². The van der Waals surface area contributed by atoms with Gasteiger partial charge in [0.2, 0.25) is 0 Å². The van der Waals surface area contributed by atoms with Crippen molar-refractivity contribution >= 4 is 30.6 Å². The van der Waals surface area contributed by atoms with Gasteiger partial charge in [-0.15, -0.1) is 24.8 Å². The molecule has 0 aliphatic carbocycles. The van der Waals surface area contributed by atoms with Gasteiger partial charge in [-0.3, -0.25) is 0 Å². The molecule has 1 aliphatic rings. The maximum atomic E-state index is 12.4. The van der Waals surface area contributed by atoms with Crippen LogP contribution in [0.5, 0.6) is 0 Å². The van der Waals surface area contributed by atoms with E-state index < -0.39 is 11.9 Å². The lowest BCUT2D eigenvalue weighted by atomic mass is 10.1. The number of aromatic nitrogens is 2. The Bertz CT molecular complexity index is 383. The number of hydrogen-bond donors (Lipinski definition) is 2. The molecule has 0 aromatic carbocycles. The second kappa shape index (κ2) is 7.72. The predicted octanol–water partition coefficient (Wildman–Crippen LogP) is 2.50. The molecular formula is C10H15Cl2F3N4. The van der Waals surface area contributed by atoms with Crippen LogP contribution in [0.25, 0.3) is 0 Å². The molecule has 0 saturated carbocycles. The first-order valence-electron chi connectivity index (χ1n) is 5.42. The summed E-state index contributed by atoms with van der Waals surface area (Å²) < 4.78 is 37.3. The topological polar surface area (TPSA) is 49.8 Å². The Morgan fingerprint density at radius 1 is 1.16 bits per heavy atom. The maximum Gasteiger partial charge on any atom is 0.433 e. The van der Waals surface area contributed by atoms with E-state index in [0.717, 1.165) is 38.3 Å². The SMILES string of the molecule is Cl.Cl.FC(F)(F)c1cc(NC2CCNCC2)ncn1. The smallest absolute Gasteiger partial charge is 0.367 e. The Balaban J connectivity index is 0.00000162. The van der Waals surface area contributed by atoms with E-state index in [1.807, 2.05) is 0 Å². The third-order valence-corrected chi connectivity index (χ3v) is 2.65. The second-order valence-corrected chi connectivity index (χ2v) is 3.95. The molecule has 0 amide bonds. The van der Waals surface area contributed by atoms with Crippen LogP contribution >= 0.6 is 24.8 Å². The van der Waals surface area contributed by atoms with Gasteiger partial charge in [0, 0.05) is 12.1 Å². The molecule has 4 nitrogen and oxygen atoms in total. The maximum absolute atomic E-state index is 12.4. The molecule has 0 bridgehead atoms. The van der Waals surface area contributed by atoms with E-state index >= 15 is 0 Å². The van der Waals surface area contributed by atoms with E-state index in [2.05, 4.69) is 20.6 Å². The molecule has 0 spiro atoms. The lowest BCUT2D eigenvalue weighted by molar-refractivity contribution is -0.141. The Morgan fingerprint density at radius 2 is 1.79 bits per heavy atom. The van der Waals surface area contributed by atoms with Crippen molar-refractivity contribution in [3.63, 3.8) is 0 Å². The van der Waals surface area contributed by atoms with Crippen molar-refractivity contribution in [1.29, 1.82) is 0 Å². The Hall–Kier alpha value is -0.790. The van der Waals surface area contributed by atoms with E-state index in [0.29, 0.717) is 0 Å². The van der Waals surface area contributed by atoms with Crippen molar-refractivity contribution in [1.82, 2.24) is 15.3 Å². The van der Waals surface area contributed by atoms with E-state index in [-0.39, 0.29) is 36.7 Å². The monoisotopic (exact) mass is 318 g/mol. The van der Waals surface area contributed by atoms with Crippen molar-refractivity contribution in [3.05, 3.63) is 18.1 Å². The lowest BCUT2D eigenvalue weighted by Gasteiger charge is -2.24. The van der Waals surface area contributed by atoms with Crippen LogP contribution < -0.4 is 10.6 Å². The number of nitrogens with zero attached hydrogens (tertiary/aromatic N) is 2. The highest BCUT2D eigenvalue weighted by atomic mass is 35.5. The van der Waals surface area contributed by atoms with Crippen LogP contribution in [0.1, 0.15) is 18.5 Å². The highest BCUT2D eigenvalue weighted by molar-refractivity contribution is 5.85. The number of anilines is 1. The molecule has 0 radical (unpaired) electrons. The summed E-state index contributed by atoms with van der Waals surface area (Å²) in [5.74, 6) is 0.235. The first-order valence-corrected chi connectivity index (χ1v) is 5.42. The Labute approximate surface area is 121 Å². The van der Waals surface area contributed by atoms with E-state index in [9.17, 15) is 13.2 Å². The molecule has 1 saturated heterocycles. The molecule has 110 valence electrons. The number of alkyl halides is 3. The summed E-state index contributed by atoms with van der Waals surface area (Å²) >= 11 is 0. The van der Waals surface area contributed by atoms with Crippen LogP contribution in [-0.2, 0) is 6.18 Å². The number of rotatable bonds is 2. The van der Waals surface area contributed by atoms with Gasteiger partial charge in [0.25, 0.3) is 0 Å². The van der Waals surface area contributed by atoms with Crippen molar-refractivity contribution in [2.45, 2.75) is 25.1 Å². The van der Waals surface area contributed by atoms with Crippen LogP contribution in [0.2, 0.25) is 0 Å². The zero-order valence-electron chi connectivity index (χ0n) is 9.91. The average Bonchev–Trinajstić information content (AvgIpc) is 2.29. The fourth-order valence-electron chi connectivity index (χ4n) is 1.77. The minimum absolute atomic E-state index is 0. The Morgan fingerprint density at radius 3 is 2.37 bits per heavy atom. The molecule has 2 N–H and O–H groups in total. The largest absolute Gasteiger partial charge is 0.433 e. The molecule has 0 unspecified atom stereocenters. The molecule has 1 aliphatic heterocycles. The van der Waals surface area contributed by atoms with E-state index in [1.165, 1.54) is 0 Å². The molecular weight excluding hydrogens is 304 g/mol. The van der Waals surface area contributed by atoms with Crippen LogP contribution in [-0.4, -0.2) is 29.1 Å². The van der Waals surface area contributed by atoms with Crippen molar-refractivity contribution < 1.29 is 13.2 Å². The quantitative estimate of drug-likeness (QED) is 0.879. The van der Waals surface area contributed by atoms with Gasteiger partial charge in [0.1, 0.15) is 17.8 Å².